The lowest BCUT2D eigenvalue weighted by molar-refractivity contribution is 0.482. The lowest BCUT2D eigenvalue weighted by Gasteiger charge is -2.15. The minimum atomic E-state index is 0.623. The van der Waals surface area contributed by atoms with Crippen molar-refractivity contribution in [2.75, 3.05) is 18.4 Å². The van der Waals surface area contributed by atoms with E-state index in [0.29, 0.717) is 5.92 Å². The zero-order valence-corrected chi connectivity index (χ0v) is 15.8. The number of rotatable bonds is 10. The van der Waals surface area contributed by atoms with Gasteiger partial charge in [-0.15, -0.1) is 0 Å². The molecular formula is C22H29N3O. The average Bonchev–Trinajstić information content (AvgIpc) is 3.19. The van der Waals surface area contributed by atoms with Crippen molar-refractivity contribution in [2.45, 2.75) is 45.6 Å². The van der Waals surface area contributed by atoms with Gasteiger partial charge in [0.05, 0.1) is 18.3 Å². The zero-order valence-electron chi connectivity index (χ0n) is 15.8. The Balaban J connectivity index is 1.54. The molecule has 3 aromatic rings. The standard InChI is InChI=1S/C22H29N3O/c1-3-17(4-2)18-8-9-20-21(10-13-25-22(20)15-18)24-12-6-11-23-16-19-7-5-14-26-19/h5,7-10,13-15,17,23H,3-4,6,11-12,16H2,1-2H3,(H,24,25). The average molecular weight is 351 g/mol. The third-order valence-electron chi connectivity index (χ3n) is 4.95. The summed E-state index contributed by atoms with van der Waals surface area (Å²) in [7, 11) is 0. The summed E-state index contributed by atoms with van der Waals surface area (Å²) < 4.78 is 5.32. The molecule has 4 nitrogen and oxygen atoms in total. The quantitative estimate of drug-likeness (QED) is 0.485. The Morgan fingerprint density at radius 3 is 2.73 bits per heavy atom. The maximum Gasteiger partial charge on any atom is 0.117 e. The predicted molar refractivity (Wildman–Crippen MR) is 109 cm³/mol. The highest BCUT2D eigenvalue weighted by atomic mass is 16.3. The zero-order chi connectivity index (χ0) is 18.2. The summed E-state index contributed by atoms with van der Waals surface area (Å²) in [6, 6.07) is 12.7. The van der Waals surface area contributed by atoms with E-state index < -0.39 is 0 Å². The molecule has 0 saturated carbocycles. The highest BCUT2D eigenvalue weighted by Crippen LogP contribution is 2.28. The first-order valence-corrected chi connectivity index (χ1v) is 9.67. The van der Waals surface area contributed by atoms with Crippen molar-refractivity contribution < 1.29 is 4.42 Å². The molecule has 0 atom stereocenters. The van der Waals surface area contributed by atoms with Gasteiger partial charge in [-0.1, -0.05) is 26.0 Å². The summed E-state index contributed by atoms with van der Waals surface area (Å²) in [6.07, 6.45) is 7.00. The molecule has 2 aromatic heterocycles. The normalized spacial score (nSPS) is 11.3. The van der Waals surface area contributed by atoms with Gasteiger partial charge in [0.1, 0.15) is 5.76 Å². The molecule has 0 aliphatic carbocycles. The number of furan rings is 1. The Morgan fingerprint density at radius 2 is 1.96 bits per heavy atom. The van der Waals surface area contributed by atoms with Crippen molar-refractivity contribution in [3.63, 3.8) is 0 Å². The van der Waals surface area contributed by atoms with Gasteiger partial charge in [0, 0.05) is 23.8 Å². The summed E-state index contributed by atoms with van der Waals surface area (Å²) in [4.78, 5) is 4.58. The van der Waals surface area contributed by atoms with Crippen LogP contribution in [0.4, 0.5) is 5.69 Å². The lowest BCUT2D eigenvalue weighted by Crippen LogP contribution is -2.17. The molecule has 0 bridgehead atoms. The molecule has 0 radical (unpaired) electrons. The second kappa shape index (κ2) is 9.39. The molecule has 1 aromatic carbocycles. The molecule has 0 saturated heterocycles. The van der Waals surface area contributed by atoms with E-state index in [1.165, 1.54) is 23.8 Å². The molecule has 0 spiro atoms. The van der Waals surface area contributed by atoms with E-state index in [1.54, 1.807) is 6.26 Å². The van der Waals surface area contributed by atoms with Crippen molar-refractivity contribution in [3.05, 3.63) is 60.2 Å². The Kier molecular flexibility index (Phi) is 6.67. The van der Waals surface area contributed by atoms with Gasteiger partial charge in [0.25, 0.3) is 0 Å². The SMILES string of the molecule is CCC(CC)c1ccc2c(NCCCNCc3ccco3)ccnc2c1. The van der Waals surface area contributed by atoms with Crippen LogP contribution in [0.25, 0.3) is 10.9 Å². The van der Waals surface area contributed by atoms with Crippen LogP contribution in [0.15, 0.2) is 53.3 Å². The van der Waals surface area contributed by atoms with Crippen molar-refractivity contribution in [1.82, 2.24) is 10.3 Å². The van der Waals surface area contributed by atoms with Crippen LogP contribution < -0.4 is 10.6 Å². The number of benzene rings is 1. The molecule has 4 heteroatoms. The molecule has 3 rings (SSSR count). The maximum atomic E-state index is 5.32. The molecule has 0 amide bonds. The van der Waals surface area contributed by atoms with Crippen LogP contribution in [0, 0.1) is 0 Å². The largest absolute Gasteiger partial charge is 0.468 e. The van der Waals surface area contributed by atoms with Gasteiger partial charge >= 0.3 is 0 Å². The predicted octanol–water partition coefficient (Wildman–Crippen LogP) is 5.32. The van der Waals surface area contributed by atoms with E-state index in [2.05, 4.69) is 53.7 Å². The van der Waals surface area contributed by atoms with Crippen LogP contribution >= 0.6 is 0 Å². The molecule has 26 heavy (non-hydrogen) atoms. The summed E-state index contributed by atoms with van der Waals surface area (Å²) in [5, 5.41) is 8.15. The number of aromatic nitrogens is 1. The highest BCUT2D eigenvalue weighted by Gasteiger charge is 2.09. The highest BCUT2D eigenvalue weighted by molar-refractivity contribution is 5.91. The first kappa shape index (κ1) is 18.5. The fourth-order valence-electron chi connectivity index (χ4n) is 3.39. The Labute approximate surface area is 156 Å². The van der Waals surface area contributed by atoms with Crippen LogP contribution in [-0.4, -0.2) is 18.1 Å². The number of nitrogens with one attached hydrogen (secondary N) is 2. The van der Waals surface area contributed by atoms with Crippen molar-refractivity contribution >= 4 is 16.6 Å². The van der Waals surface area contributed by atoms with Gasteiger partial charge < -0.3 is 15.1 Å². The van der Waals surface area contributed by atoms with Gasteiger partial charge in [-0.3, -0.25) is 4.98 Å². The number of fused-ring (bicyclic) bond motifs is 1. The Hall–Kier alpha value is -2.33. The van der Waals surface area contributed by atoms with E-state index >= 15 is 0 Å². The Bertz CT molecular complexity index is 794. The van der Waals surface area contributed by atoms with Gasteiger partial charge in [-0.25, -0.2) is 0 Å². The third-order valence-corrected chi connectivity index (χ3v) is 4.95. The molecule has 138 valence electrons. The number of nitrogens with zero attached hydrogens (tertiary/aromatic N) is 1. The van der Waals surface area contributed by atoms with Gasteiger partial charge in [-0.05, 0) is 61.6 Å². The second-order valence-electron chi connectivity index (χ2n) is 6.68. The van der Waals surface area contributed by atoms with Gasteiger partial charge in [0.2, 0.25) is 0 Å². The molecule has 0 unspecified atom stereocenters. The number of hydrogen-bond donors (Lipinski definition) is 2. The van der Waals surface area contributed by atoms with Crippen LogP contribution in [-0.2, 0) is 6.54 Å². The van der Waals surface area contributed by atoms with Crippen LogP contribution in [0.3, 0.4) is 0 Å². The summed E-state index contributed by atoms with van der Waals surface area (Å²) >= 11 is 0. The number of hydrogen-bond acceptors (Lipinski definition) is 4. The van der Waals surface area contributed by atoms with Crippen LogP contribution in [0.1, 0.15) is 50.4 Å². The van der Waals surface area contributed by atoms with Gasteiger partial charge in [0.15, 0.2) is 0 Å². The van der Waals surface area contributed by atoms with Crippen molar-refractivity contribution in [1.29, 1.82) is 0 Å². The Morgan fingerprint density at radius 1 is 1.08 bits per heavy atom. The topological polar surface area (TPSA) is 50.1 Å². The minimum absolute atomic E-state index is 0.623. The molecule has 2 N–H and O–H groups in total. The number of pyridine rings is 1. The molecule has 0 aliphatic heterocycles. The molecule has 0 aliphatic rings. The van der Waals surface area contributed by atoms with E-state index in [1.807, 2.05) is 18.3 Å². The first-order valence-electron chi connectivity index (χ1n) is 9.67. The van der Waals surface area contributed by atoms with Crippen molar-refractivity contribution in [2.24, 2.45) is 0 Å². The fourth-order valence-corrected chi connectivity index (χ4v) is 3.39. The van der Waals surface area contributed by atoms with E-state index in [4.69, 9.17) is 4.42 Å². The second-order valence-corrected chi connectivity index (χ2v) is 6.68. The molecule has 0 fully saturated rings. The third kappa shape index (κ3) is 4.64. The smallest absolute Gasteiger partial charge is 0.117 e. The van der Waals surface area contributed by atoms with Crippen LogP contribution in [0.2, 0.25) is 0 Å². The summed E-state index contributed by atoms with van der Waals surface area (Å²) in [5.74, 6) is 1.60. The fraction of sp³-hybridized carbons (Fsp3) is 0.409. The van der Waals surface area contributed by atoms with Gasteiger partial charge in [-0.2, -0.15) is 0 Å². The monoisotopic (exact) mass is 351 g/mol. The van der Waals surface area contributed by atoms with E-state index in [-0.39, 0.29) is 0 Å². The van der Waals surface area contributed by atoms with E-state index in [9.17, 15) is 0 Å². The van der Waals surface area contributed by atoms with E-state index in [0.717, 1.165) is 43.0 Å². The minimum Gasteiger partial charge on any atom is -0.468 e. The van der Waals surface area contributed by atoms with Crippen LogP contribution in [0.5, 0.6) is 0 Å². The molecular weight excluding hydrogens is 322 g/mol. The number of anilines is 1. The van der Waals surface area contributed by atoms with Crippen molar-refractivity contribution in [3.8, 4) is 0 Å². The molecule has 2 heterocycles. The summed E-state index contributed by atoms with van der Waals surface area (Å²) in [6.45, 7) is 7.17. The summed E-state index contributed by atoms with van der Waals surface area (Å²) in [5.41, 5.74) is 3.64. The first-order chi connectivity index (χ1) is 12.8. The lowest BCUT2D eigenvalue weighted by atomic mass is 9.93. The maximum absolute atomic E-state index is 5.32.